The van der Waals surface area contributed by atoms with Crippen molar-refractivity contribution >= 4 is 41.0 Å². The predicted molar refractivity (Wildman–Crippen MR) is 209 cm³/mol. The largest absolute Gasteiger partial charge is 0.341 e. The Hall–Kier alpha value is -5.39. The molecule has 0 radical (unpaired) electrons. The summed E-state index contributed by atoms with van der Waals surface area (Å²) in [6.45, 7) is 6.22. The van der Waals surface area contributed by atoms with E-state index < -0.39 is 0 Å². The van der Waals surface area contributed by atoms with Crippen molar-refractivity contribution < 1.29 is 14.4 Å². The molecule has 12 heteroatoms. The summed E-state index contributed by atoms with van der Waals surface area (Å²) in [6.07, 6.45) is 1.75. The molecule has 4 aromatic rings. The standard InChI is InChI=1S/C22H23ClN4O2.C20H20ClN3O/c1-14-17-7-3-6-16(13-26-22(29)25-2)18(17)9-10-27(14)21(28)11-19-15(12-24)5-4-8-20(19)23;1-13-16-6-2-4-14(11-22)17(16)8-9-24(13)20(25)10-18-15(12-23)5-3-7-19(18)21/h3-8,14H,9-11,13H2,1-2H3,(H2,25,26,29);2-7,13H,8-11,22H2,1H3/t14-;13-/m00/s1. The molecule has 0 aliphatic carbocycles. The van der Waals surface area contributed by atoms with Gasteiger partial charge in [-0.25, -0.2) is 4.79 Å². The first-order valence-electron chi connectivity index (χ1n) is 17.8. The van der Waals surface area contributed by atoms with E-state index in [1.54, 1.807) is 43.4 Å². The van der Waals surface area contributed by atoms with Crippen LogP contribution >= 0.6 is 23.2 Å². The van der Waals surface area contributed by atoms with E-state index >= 15 is 0 Å². The second-order valence-electron chi connectivity index (χ2n) is 13.2. The quantitative estimate of drug-likeness (QED) is 0.191. The third kappa shape index (κ3) is 8.69. The molecule has 0 aromatic heterocycles. The molecule has 0 bridgehead atoms. The van der Waals surface area contributed by atoms with E-state index in [0.29, 0.717) is 64.9 Å². The second kappa shape index (κ2) is 18.1. The third-order valence-electron chi connectivity index (χ3n) is 10.3. The summed E-state index contributed by atoms with van der Waals surface area (Å²) in [5, 5.41) is 24.8. The van der Waals surface area contributed by atoms with Gasteiger partial charge in [0.2, 0.25) is 11.8 Å². The Morgan fingerprint density at radius 2 is 1.19 bits per heavy atom. The molecule has 0 saturated heterocycles. The van der Waals surface area contributed by atoms with E-state index in [1.165, 1.54) is 11.1 Å². The molecule has 2 heterocycles. The van der Waals surface area contributed by atoms with Gasteiger partial charge in [0.25, 0.3) is 0 Å². The van der Waals surface area contributed by atoms with Crippen LogP contribution in [0.4, 0.5) is 4.79 Å². The van der Waals surface area contributed by atoms with Gasteiger partial charge in [-0.1, -0.05) is 71.7 Å². The number of rotatable bonds is 7. The molecule has 4 N–H and O–H groups in total. The lowest BCUT2D eigenvalue weighted by Gasteiger charge is -2.36. The van der Waals surface area contributed by atoms with Crippen LogP contribution in [0.2, 0.25) is 10.0 Å². The van der Waals surface area contributed by atoms with Gasteiger partial charge in [0, 0.05) is 43.3 Å². The van der Waals surface area contributed by atoms with Crippen molar-refractivity contribution in [1.29, 1.82) is 10.5 Å². The molecule has 0 saturated carbocycles. The maximum absolute atomic E-state index is 13.0. The zero-order valence-corrected chi connectivity index (χ0v) is 32.1. The second-order valence-corrected chi connectivity index (χ2v) is 14.1. The summed E-state index contributed by atoms with van der Waals surface area (Å²) in [6, 6.07) is 26.2. The Balaban J connectivity index is 0.000000210. The molecular weight excluding hydrogens is 721 g/mol. The van der Waals surface area contributed by atoms with E-state index in [9.17, 15) is 24.9 Å². The molecule has 0 unspecified atom stereocenters. The number of nitrogens with two attached hydrogens (primary N) is 1. The number of nitriles is 2. The SMILES string of the molecule is CNC(=O)NCc1cccc2c1CCN(C(=O)Cc1c(Cl)cccc1C#N)[C@H]2C.C[C@H]1c2cccc(CN)c2CCN1C(=O)Cc1c(Cl)cccc1C#N. The maximum Gasteiger partial charge on any atom is 0.314 e. The van der Waals surface area contributed by atoms with Gasteiger partial charge >= 0.3 is 6.03 Å². The normalized spacial score (nSPS) is 15.7. The van der Waals surface area contributed by atoms with Gasteiger partial charge in [-0.2, -0.15) is 10.5 Å². The van der Waals surface area contributed by atoms with Crippen molar-refractivity contribution in [3.8, 4) is 12.1 Å². The van der Waals surface area contributed by atoms with Crippen LogP contribution in [-0.4, -0.2) is 47.8 Å². The van der Waals surface area contributed by atoms with Crippen LogP contribution < -0.4 is 16.4 Å². The molecule has 0 fully saturated rings. The Bertz CT molecular complexity index is 2140. The fourth-order valence-corrected chi connectivity index (χ4v) is 7.87. The van der Waals surface area contributed by atoms with Crippen molar-refractivity contribution in [2.24, 2.45) is 5.73 Å². The lowest BCUT2D eigenvalue weighted by Crippen LogP contribution is -2.40. The summed E-state index contributed by atoms with van der Waals surface area (Å²) < 4.78 is 0. The first-order valence-corrected chi connectivity index (χ1v) is 18.6. The highest BCUT2D eigenvalue weighted by Gasteiger charge is 2.31. The summed E-state index contributed by atoms with van der Waals surface area (Å²) in [4.78, 5) is 41.1. The summed E-state index contributed by atoms with van der Waals surface area (Å²) in [7, 11) is 1.58. The Labute approximate surface area is 326 Å². The summed E-state index contributed by atoms with van der Waals surface area (Å²) >= 11 is 12.5. The van der Waals surface area contributed by atoms with E-state index in [2.05, 4.69) is 28.8 Å². The minimum Gasteiger partial charge on any atom is -0.341 e. The van der Waals surface area contributed by atoms with Crippen LogP contribution in [-0.2, 0) is 48.4 Å². The Kier molecular flexibility index (Phi) is 13.3. The number of carbonyl (C=O) groups excluding carboxylic acids is 3. The van der Waals surface area contributed by atoms with Crippen molar-refractivity contribution in [2.45, 2.75) is 64.7 Å². The third-order valence-corrected chi connectivity index (χ3v) is 11.0. The van der Waals surface area contributed by atoms with Gasteiger partial charge in [-0.3, -0.25) is 9.59 Å². The Morgan fingerprint density at radius 3 is 1.63 bits per heavy atom. The van der Waals surface area contributed by atoms with Crippen LogP contribution in [0.5, 0.6) is 0 Å². The maximum atomic E-state index is 13.0. The van der Waals surface area contributed by atoms with Gasteiger partial charge < -0.3 is 26.2 Å². The zero-order chi connectivity index (χ0) is 38.9. The molecule has 278 valence electrons. The van der Waals surface area contributed by atoms with Gasteiger partial charge in [-0.05, 0) is 95.5 Å². The highest BCUT2D eigenvalue weighted by molar-refractivity contribution is 6.32. The average molecular weight is 765 g/mol. The number of amides is 4. The molecule has 2 aliphatic heterocycles. The number of hydrogen-bond donors (Lipinski definition) is 3. The van der Waals surface area contributed by atoms with Crippen molar-refractivity contribution in [3.63, 3.8) is 0 Å². The predicted octanol–water partition coefficient (Wildman–Crippen LogP) is 6.69. The van der Waals surface area contributed by atoms with Crippen LogP contribution in [0.1, 0.15) is 81.6 Å². The van der Waals surface area contributed by atoms with E-state index in [0.717, 1.165) is 28.7 Å². The topological polar surface area (TPSA) is 155 Å². The van der Waals surface area contributed by atoms with E-state index in [4.69, 9.17) is 28.9 Å². The molecule has 54 heavy (non-hydrogen) atoms. The highest BCUT2D eigenvalue weighted by Crippen LogP contribution is 2.34. The van der Waals surface area contributed by atoms with Gasteiger partial charge in [-0.15, -0.1) is 0 Å². The van der Waals surface area contributed by atoms with Crippen molar-refractivity contribution in [1.82, 2.24) is 20.4 Å². The molecule has 2 atom stereocenters. The van der Waals surface area contributed by atoms with E-state index in [1.807, 2.05) is 54.0 Å². The van der Waals surface area contributed by atoms with Crippen LogP contribution in [0.25, 0.3) is 0 Å². The van der Waals surface area contributed by atoms with Gasteiger partial charge in [0.15, 0.2) is 0 Å². The number of fused-ring (bicyclic) bond motifs is 2. The molecule has 2 aliphatic rings. The minimum absolute atomic E-state index is 0.0131. The lowest BCUT2D eigenvalue weighted by molar-refractivity contribution is -0.133. The highest BCUT2D eigenvalue weighted by atomic mass is 35.5. The molecule has 10 nitrogen and oxygen atoms in total. The molecular formula is C42H43Cl2N7O3. The molecule has 0 spiro atoms. The first-order chi connectivity index (χ1) is 26.0. The van der Waals surface area contributed by atoms with Crippen molar-refractivity contribution in [2.75, 3.05) is 20.1 Å². The number of nitrogens with one attached hydrogen (secondary N) is 2. The lowest BCUT2D eigenvalue weighted by atomic mass is 9.89. The van der Waals surface area contributed by atoms with Crippen LogP contribution in [0, 0.1) is 22.7 Å². The summed E-state index contributed by atoms with van der Waals surface area (Å²) in [5.41, 5.74) is 14.8. The van der Waals surface area contributed by atoms with Crippen LogP contribution in [0.3, 0.4) is 0 Å². The number of benzene rings is 4. The molecule has 6 rings (SSSR count). The fourth-order valence-electron chi connectivity index (χ4n) is 7.38. The first kappa shape index (κ1) is 39.8. The monoisotopic (exact) mass is 763 g/mol. The smallest absolute Gasteiger partial charge is 0.314 e. The van der Waals surface area contributed by atoms with Crippen molar-refractivity contribution in [3.05, 3.63) is 138 Å². The average Bonchev–Trinajstić information content (AvgIpc) is 3.18. The number of hydrogen-bond acceptors (Lipinski definition) is 6. The number of nitrogens with zero attached hydrogens (tertiary/aromatic N) is 4. The Morgan fingerprint density at radius 1 is 0.741 bits per heavy atom. The van der Waals surface area contributed by atoms with Gasteiger partial charge in [0.05, 0.1) is 48.2 Å². The summed E-state index contributed by atoms with van der Waals surface area (Å²) in [5.74, 6) is -0.0671. The zero-order valence-electron chi connectivity index (χ0n) is 30.6. The number of urea groups is 1. The number of halogens is 2. The van der Waals surface area contributed by atoms with Crippen LogP contribution in [0.15, 0.2) is 72.8 Å². The fraction of sp³-hybridized carbons (Fsp3) is 0.310. The molecule has 4 aromatic carbocycles. The number of carbonyl (C=O) groups is 3. The minimum atomic E-state index is -0.226. The van der Waals surface area contributed by atoms with Gasteiger partial charge in [0.1, 0.15) is 0 Å². The molecule has 4 amide bonds. The van der Waals surface area contributed by atoms with E-state index in [-0.39, 0.29) is 42.8 Å².